The van der Waals surface area contributed by atoms with Gasteiger partial charge in [-0.2, -0.15) is 0 Å². The normalized spacial score (nSPS) is 10.6. The Hall–Kier alpha value is -3.45. The van der Waals surface area contributed by atoms with Gasteiger partial charge in [-0.15, -0.1) is 10.2 Å². The lowest BCUT2D eigenvalue weighted by Crippen LogP contribution is -2.19. The third-order valence-electron chi connectivity index (χ3n) is 3.77. The number of nitrogens with one attached hydrogen (secondary N) is 2. The number of anilines is 2. The number of carbonyl (C=O) groups is 1. The minimum absolute atomic E-state index is 0.186. The van der Waals surface area contributed by atoms with Crippen molar-refractivity contribution >= 4 is 39.0 Å². The Bertz CT molecular complexity index is 1080. The minimum Gasteiger partial charge on any atom is -0.508 e. The molecule has 6 nitrogen and oxygen atoms in total. The van der Waals surface area contributed by atoms with Crippen LogP contribution in [0.25, 0.3) is 21.3 Å². The number of hydrogen-bond acceptors (Lipinski definition) is 5. The predicted octanol–water partition coefficient (Wildman–Crippen LogP) is 4.71. The van der Waals surface area contributed by atoms with Crippen molar-refractivity contribution in [3.63, 3.8) is 0 Å². The summed E-state index contributed by atoms with van der Waals surface area (Å²) < 4.78 is 0. The molecule has 0 bridgehead atoms. The molecule has 2 amide bonds. The molecule has 26 heavy (non-hydrogen) atoms. The number of phenolic OH excluding ortho intramolecular Hbond substituents is 1. The lowest BCUT2D eigenvalue weighted by atomic mass is 10.1. The number of aromatic nitrogens is 2. The van der Waals surface area contributed by atoms with Crippen LogP contribution >= 0.6 is 11.3 Å². The van der Waals surface area contributed by atoms with Crippen LogP contribution in [0.1, 0.15) is 0 Å². The van der Waals surface area contributed by atoms with Crippen molar-refractivity contribution in [2.24, 2.45) is 0 Å². The summed E-state index contributed by atoms with van der Waals surface area (Å²) in [5.74, 6) is 0.186. The highest BCUT2D eigenvalue weighted by Crippen LogP contribution is 2.27. The molecule has 0 atom stereocenters. The molecule has 1 heterocycles. The smallest absolute Gasteiger partial charge is 0.325 e. The fourth-order valence-corrected chi connectivity index (χ4v) is 3.27. The highest BCUT2D eigenvalue weighted by Gasteiger charge is 2.10. The standard InChI is InChI=1S/C19H14N4O2S/c24-16-9-6-13(7-10-16)17-22-23-19(26-17)21-18(25)20-15-8-5-12-3-1-2-4-14(12)11-15/h1-11,24H,(H2,20,21,23,25). The number of aromatic hydroxyl groups is 1. The molecular weight excluding hydrogens is 348 g/mol. The Morgan fingerprint density at radius 2 is 1.65 bits per heavy atom. The van der Waals surface area contributed by atoms with Gasteiger partial charge in [0.2, 0.25) is 5.13 Å². The Morgan fingerprint density at radius 1 is 0.885 bits per heavy atom. The Kier molecular flexibility index (Phi) is 4.20. The van der Waals surface area contributed by atoms with Gasteiger partial charge in [0, 0.05) is 11.3 Å². The van der Waals surface area contributed by atoms with Crippen LogP contribution in [0, 0.1) is 0 Å². The van der Waals surface area contributed by atoms with Gasteiger partial charge in [0.25, 0.3) is 0 Å². The van der Waals surface area contributed by atoms with Crippen molar-refractivity contribution in [3.05, 3.63) is 66.7 Å². The van der Waals surface area contributed by atoms with Gasteiger partial charge in [0.05, 0.1) is 0 Å². The molecular formula is C19H14N4O2S. The first-order chi connectivity index (χ1) is 12.7. The molecule has 3 aromatic carbocycles. The van der Waals surface area contributed by atoms with E-state index in [1.165, 1.54) is 11.3 Å². The second-order valence-electron chi connectivity index (χ2n) is 5.60. The van der Waals surface area contributed by atoms with Crippen LogP contribution in [0.3, 0.4) is 0 Å². The van der Waals surface area contributed by atoms with Crippen molar-refractivity contribution in [1.29, 1.82) is 0 Å². The molecule has 1 aromatic heterocycles. The fourth-order valence-electron chi connectivity index (χ4n) is 2.52. The molecule has 128 valence electrons. The third-order valence-corrected chi connectivity index (χ3v) is 4.65. The van der Waals surface area contributed by atoms with E-state index in [0.29, 0.717) is 15.8 Å². The first-order valence-electron chi connectivity index (χ1n) is 7.87. The molecule has 0 unspecified atom stereocenters. The first-order valence-corrected chi connectivity index (χ1v) is 8.69. The van der Waals surface area contributed by atoms with Crippen molar-refractivity contribution in [3.8, 4) is 16.3 Å². The number of fused-ring (bicyclic) bond motifs is 1. The zero-order chi connectivity index (χ0) is 17.9. The van der Waals surface area contributed by atoms with Crippen LogP contribution < -0.4 is 10.6 Å². The van der Waals surface area contributed by atoms with E-state index >= 15 is 0 Å². The Morgan fingerprint density at radius 3 is 2.46 bits per heavy atom. The zero-order valence-corrected chi connectivity index (χ0v) is 14.3. The second kappa shape index (κ2) is 6.81. The maximum absolute atomic E-state index is 12.2. The molecule has 0 aliphatic rings. The van der Waals surface area contributed by atoms with E-state index in [2.05, 4.69) is 20.8 Å². The van der Waals surface area contributed by atoms with Gasteiger partial charge >= 0.3 is 6.03 Å². The third kappa shape index (κ3) is 3.47. The molecule has 0 radical (unpaired) electrons. The van der Waals surface area contributed by atoms with E-state index in [0.717, 1.165) is 16.3 Å². The molecule has 0 aliphatic heterocycles. The molecule has 0 aliphatic carbocycles. The van der Waals surface area contributed by atoms with E-state index in [1.54, 1.807) is 24.3 Å². The van der Waals surface area contributed by atoms with Gasteiger partial charge in [-0.1, -0.05) is 41.7 Å². The molecule has 0 spiro atoms. The van der Waals surface area contributed by atoms with Crippen LogP contribution in [-0.2, 0) is 0 Å². The predicted molar refractivity (Wildman–Crippen MR) is 104 cm³/mol. The maximum atomic E-state index is 12.2. The summed E-state index contributed by atoms with van der Waals surface area (Å²) >= 11 is 1.26. The number of amides is 2. The van der Waals surface area contributed by atoms with Gasteiger partial charge < -0.3 is 10.4 Å². The topological polar surface area (TPSA) is 87.1 Å². The Balaban J connectivity index is 1.45. The molecule has 7 heteroatoms. The van der Waals surface area contributed by atoms with Gasteiger partial charge in [-0.05, 0) is 47.2 Å². The Labute approximate surface area is 153 Å². The number of rotatable bonds is 3. The summed E-state index contributed by atoms with van der Waals surface area (Å²) in [6.07, 6.45) is 0. The van der Waals surface area contributed by atoms with Crippen LogP contribution in [0.5, 0.6) is 5.75 Å². The van der Waals surface area contributed by atoms with Crippen molar-refractivity contribution < 1.29 is 9.90 Å². The lowest BCUT2D eigenvalue weighted by Gasteiger charge is -2.06. The molecule has 4 aromatic rings. The number of benzene rings is 3. The van der Waals surface area contributed by atoms with Crippen LogP contribution in [-0.4, -0.2) is 21.3 Å². The molecule has 0 saturated heterocycles. The molecule has 0 fully saturated rings. The van der Waals surface area contributed by atoms with Crippen molar-refractivity contribution in [2.75, 3.05) is 10.6 Å². The van der Waals surface area contributed by atoms with Gasteiger partial charge in [0.15, 0.2) is 0 Å². The summed E-state index contributed by atoms with van der Waals surface area (Å²) in [5.41, 5.74) is 1.52. The number of phenols is 1. The van der Waals surface area contributed by atoms with E-state index in [4.69, 9.17) is 0 Å². The fraction of sp³-hybridized carbons (Fsp3) is 0. The van der Waals surface area contributed by atoms with E-state index in [9.17, 15) is 9.90 Å². The largest absolute Gasteiger partial charge is 0.508 e. The van der Waals surface area contributed by atoms with Gasteiger partial charge in [-0.25, -0.2) is 4.79 Å². The van der Waals surface area contributed by atoms with Crippen LogP contribution in [0.2, 0.25) is 0 Å². The van der Waals surface area contributed by atoms with Crippen molar-refractivity contribution in [1.82, 2.24) is 10.2 Å². The van der Waals surface area contributed by atoms with Crippen LogP contribution in [0.15, 0.2) is 66.7 Å². The average molecular weight is 362 g/mol. The molecule has 0 saturated carbocycles. The first kappa shape index (κ1) is 16.0. The summed E-state index contributed by atoms with van der Waals surface area (Å²) in [4.78, 5) is 12.2. The van der Waals surface area contributed by atoms with Gasteiger partial charge in [0.1, 0.15) is 10.8 Å². The van der Waals surface area contributed by atoms with Crippen LogP contribution in [0.4, 0.5) is 15.6 Å². The highest BCUT2D eigenvalue weighted by atomic mass is 32.1. The average Bonchev–Trinajstić information content (AvgIpc) is 3.10. The number of carbonyl (C=O) groups excluding carboxylic acids is 1. The second-order valence-corrected chi connectivity index (χ2v) is 6.58. The number of hydrogen-bond donors (Lipinski definition) is 3. The highest BCUT2D eigenvalue weighted by molar-refractivity contribution is 7.18. The van der Waals surface area contributed by atoms with Crippen molar-refractivity contribution in [2.45, 2.75) is 0 Å². The SMILES string of the molecule is O=C(Nc1ccc2ccccc2c1)Nc1nnc(-c2ccc(O)cc2)s1. The molecule has 4 rings (SSSR count). The molecule has 3 N–H and O–H groups in total. The summed E-state index contributed by atoms with van der Waals surface area (Å²) in [7, 11) is 0. The lowest BCUT2D eigenvalue weighted by molar-refractivity contribution is 0.262. The monoisotopic (exact) mass is 362 g/mol. The quantitative estimate of drug-likeness (QED) is 0.493. The minimum atomic E-state index is -0.381. The summed E-state index contributed by atoms with van der Waals surface area (Å²) in [5, 5.41) is 26.1. The zero-order valence-electron chi connectivity index (χ0n) is 13.5. The van der Waals surface area contributed by atoms with Gasteiger partial charge in [-0.3, -0.25) is 5.32 Å². The van der Waals surface area contributed by atoms with E-state index in [1.807, 2.05) is 42.5 Å². The number of nitrogens with zero attached hydrogens (tertiary/aromatic N) is 2. The summed E-state index contributed by atoms with van der Waals surface area (Å²) in [6.45, 7) is 0. The van der Waals surface area contributed by atoms with E-state index in [-0.39, 0.29) is 11.8 Å². The summed E-state index contributed by atoms with van der Waals surface area (Å²) in [6, 6.07) is 19.9. The number of urea groups is 1. The maximum Gasteiger partial charge on any atom is 0.325 e. The van der Waals surface area contributed by atoms with E-state index < -0.39 is 0 Å².